The molecule has 0 unspecified atom stereocenters. The van der Waals surface area contributed by atoms with E-state index in [2.05, 4.69) is 18.7 Å². The Morgan fingerprint density at radius 3 is 2.25 bits per heavy atom. The quantitative estimate of drug-likeness (QED) is 0.671. The number of rotatable bonds is 4. The highest BCUT2D eigenvalue weighted by Crippen LogP contribution is 2.45. The first-order chi connectivity index (χ1) is 11.2. The molecule has 3 nitrogen and oxygen atoms in total. The number of benzene rings is 2. The molecular weight excluding hydrogens is 320 g/mol. The number of aryl methyl sites for hydroxylation is 1. The Morgan fingerprint density at radius 2 is 1.75 bits per heavy atom. The molecule has 0 saturated carbocycles. The first kappa shape index (κ1) is 16.9. The maximum absolute atomic E-state index is 11.8. The Morgan fingerprint density at radius 1 is 1.17 bits per heavy atom. The molecule has 4 heteroatoms. The second kappa shape index (κ2) is 5.87. The Balaban J connectivity index is 2.06. The molecule has 2 aromatic rings. The van der Waals surface area contributed by atoms with Crippen LogP contribution >= 0.6 is 0 Å². The molecule has 0 aromatic heterocycles. The molecule has 2 aromatic carbocycles. The SMILES string of the molecule is C=C(C)C1(Cc2cc(C)ccc2S(=O)(=O)O)Cc2ccccc2C1. The molecule has 0 bridgehead atoms. The van der Waals surface area contributed by atoms with Gasteiger partial charge in [-0.3, -0.25) is 4.55 Å². The monoisotopic (exact) mass is 342 g/mol. The van der Waals surface area contributed by atoms with Gasteiger partial charge in [0.25, 0.3) is 10.1 Å². The molecule has 1 aliphatic rings. The molecule has 24 heavy (non-hydrogen) atoms. The second-order valence-corrected chi connectivity index (χ2v) is 8.34. The van der Waals surface area contributed by atoms with Gasteiger partial charge in [-0.05, 0) is 55.9 Å². The van der Waals surface area contributed by atoms with Crippen molar-refractivity contribution < 1.29 is 13.0 Å². The van der Waals surface area contributed by atoms with Gasteiger partial charge < -0.3 is 0 Å². The minimum atomic E-state index is -4.24. The summed E-state index contributed by atoms with van der Waals surface area (Å²) in [6.45, 7) is 8.12. The molecule has 0 heterocycles. The van der Waals surface area contributed by atoms with E-state index in [9.17, 15) is 13.0 Å². The molecule has 126 valence electrons. The summed E-state index contributed by atoms with van der Waals surface area (Å²) in [5.41, 5.74) is 5.05. The summed E-state index contributed by atoms with van der Waals surface area (Å²) >= 11 is 0. The van der Waals surface area contributed by atoms with Gasteiger partial charge in [0.05, 0.1) is 4.90 Å². The lowest BCUT2D eigenvalue weighted by Gasteiger charge is -2.31. The summed E-state index contributed by atoms with van der Waals surface area (Å²) in [5, 5.41) is 0. The summed E-state index contributed by atoms with van der Waals surface area (Å²) in [5.74, 6) is 0. The van der Waals surface area contributed by atoms with E-state index in [-0.39, 0.29) is 10.3 Å². The van der Waals surface area contributed by atoms with Gasteiger partial charge in [0.2, 0.25) is 0 Å². The summed E-state index contributed by atoms with van der Waals surface area (Å²) in [6, 6.07) is 13.4. The van der Waals surface area contributed by atoms with Crippen LogP contribution in [0.25, 0.3) is 0 Å². The smallest absolute Gasteiger partial charge is 0.282 e. The third-order valence-corrected chi connectivity index (χ3v) is 6.06. The van der Waals surface area contributed by atoms with E-state index < -0.39 is 10.1 Å². The lowest BCUT2D eigenvalue weighted by molar-refractivity contribution is 0.372. The van der Waals surface area contributed by atoms with E-state index >= 15 is 0 Å². The van der Waals surface area contributed by atoms with Crippen LogP contribution in [-0.2, 0) is 29.4 Å². The molecule has 3 rings (SSSR count). The molecule has 1 aliphatic carbocycles. The average molecular weight is 342 g/mol. The van der Waals surface area contributed by atoms with Gasteiger partial charge in [-0.2, -0.15) is 8.42 Å². The highest BCUT2D eigenvalue weighted by atomic mass is 32.2. The first-order valence-electron chi connectivity index (χ1n) is 8.01. The van der Waals surface area contributed by atoms with Crippen LogP contribution in [0, 0.1) is 12.3 Å². The van der Waals surface area contributed by atoms with E-state index in [1.165, 1.54) is 17.2 Å². The summed E-state index contributed by atoms with van der Waals surface area (Å²) < 4.78 is 33.1. The van der Waals surface area contributed by atoms with Crippen molar-refractivity contribution in [2.75, 3.05) is 0 Å². The minimum absolute atomic E-state index is 0.00433. The lowest BCUT2D eigenvalue weighted by atomic mass is 9.74. The van der Waals surface area contributed by atoms with Gasteiger partial charge in [-0.1, -0.05) is 54.1 Å². The zero-order valence-corrected chi connectivity index (χ0v) is 14.9. The second-order valence-electron chi connectivity index (χ2n) is 6.95. The lowest BCUT2D eigenvalue weighted by Crippen LogP contribution is -2.26. The van der Waals surface area contributed by atoms with E-state index in [0.29, 0.717) is 12.0 Å². The molecule has 0 fully saturated rings. The molecule has 1 N–H and O–H groups in total. The normalized spacial score (nSPS) is 16.0. The summed E-state index contributed by atoms with van der Waals surface area (Å²) in [7, 11) is -4.24. The van der Waals surface area contributed by atoms with Crippen molar-refractivity contribution in [2.45, 2.75) is 38.0 Å². The maximum atomic E-state index is 11.8. The Kier molecular flexibility index (Phi) is 4.14. The third-order valence-electron chi connectivity index (χ3n) is 5.10. The van der Waals surface area contributed by atoms with Gasteiger partial charge in [0, 0.05) is 5.41 Å². The van der Waals surface area contributed by atoms with Crippen molar-refractivity contribution in [3.05, 3.63) is 76.9 Å². The first-order valence-corrected chi connectivity index (χ1v) is 9.45. The Labute approximate surface area is 143 Å². The largest absolute Gasteiger partial charge is 0.294 e. The maximum Gasteiger partial charge on any atom is 0.294 e. The Hall–Kier alpha value is -1.91. The van der Waals surface area contributed by atoms with E-state index in [1.54, 1.807) is 6.07 Å². The third kappa shape index (κ3) is 3.04. The fraction of sp³-hybridized carbons (Fsp3) is 0.300. The van der Waals surface area contributed by atoms with Crippen LogP contribution in [0.1, 0.15) is 29.2 Å². The van der Waals surface area contributed by atoms with Crippen LogP contribution in [-0.4, -0.2) is 13.0 Å². The van der Waals surface area contributed by atoms with Gasteiger partial charge >= 0.3 is 0 Å². The summed E-state index contributed by atoms with van der Waals surface area (Å²) in [4.78, 5) is 0.00433. The summed E-state index contributed by atoms with van der Waals surface area (Å²) in [6.07, 6.45) is 2.24. The molecule has 0 aliphatic heterocycles. The van der Waals surface area contributed by atoms with E-state index in [4.69, 9.17) is 0 Å². The van der Waals surface area contributed by atoms with Crippen LogP contribution in [0.15, 0.2) is 59.5 Å². The molecule has 0 spiro atoms. The van der Waals surface area contributed by atoms with Crippen molar-refractivity contribution in [2.24, 2.45) is 5.41 Å². The number of fused-ring (bicyclic) bond motifs is 1. The molecule has 0 radical (unpaired) electrons. The van der Waals surface area contributed by atoms with Crippen molar-refractivity contribution in [3.8, 4) is 0 Å². The molecule has 0 amide bonds. The predicted molar refractivity (Wildman–Crippen MR) is 95.8 cm³/mol. The topological polar surface area (TPSA) is 54.4 Å². The molecule has 0 atom stereocenters. The fourth-order valence-electron chi connectivity index (χ4n) is 3.73. The van der Waals surface area contributed by atoms with Crippen molar-refractivity contribution in [3.63, 3.8) is 0 Å². The average Bonchev–Trinajstić information content (AvgIpc) is 2.85. The van der Waals surface area contributed by atoms with E-state index in [1.807, 2.05) is 32.0 Å². The highest BCUT2D eigenvalue weighted by Gasteiger charge is 2.39. The van der Waals surface area contributed by atoms with E-state index in [0.717, 1.165) is 24.0 Å². The number of allylic oxidation sites excluding steroid dienone is 1. The highest BCUT2D eigenvalue weighted by molar-refractivity contribution is 7.85. The van der Waals surface area contributed by atoms with Gasteiger partial charge in [0.1, 0.15) is 0 Å². The van der Waals surface area contributed by atoms with Crippen LogP contribution < -0.4 is 0 Å². The molecule has 0 saturated heterocycles. The zero-order valence-electron chi connectivity index (χ0n) is 14.0. The molecular formula is C20H22O3S. The fourth-order valence-corrected chi connectivity index (χ4v) is 4.44. The Bertz CT molecular complexity index is 885. The van der Waals surface area contributed by atoms with Crippen LogP contribution in [0.4, 0.5) is 0 Å². The van der Waals surface area contributed by atoms with Gasteiger partial charge in [0.15, 0.2) is 0 Å². The van der Waals surface area contributed by atoms with Crippen molar-refractivity contribution >= 4 is 10.1 Å². The standard InChI is InChI=1S/C20H22O3S/c1-14(2)20(11-16-6-4-5-7-17(16)12-20)13-18-10-15(3)8-9-19(18)24(21,22)23/h4-10H,1,11-13H2,2-3H3,(H,21,22,23). The zero-order chi connectivity index (χ0) is 17.5. The minimum Gasteiger partial charge on any atom is -0.282 e. The number of hydrogen-bond donors (Lipinski definition) is 1. The predicted octanol–water partition coefficient (Wildman–Crippen LogP) is 4.15. The van der Waals surface area contributed by atoms with Crippen LogP contribution in [0.2, 0.25) is 0 Å². The van der Waals surface area contributed by atoms with Crippen LogP contribution in [0.5, 0.6) is 0 Å². The van der Waals surface area contributed by atoms with Crippen molar-refractivity contribution in [1.82, 2.24) is 0 Å². The van der Waals surface area contributed by atoms with Gasteiger partial charge in [-0.15, -0.1) is 0 Å². The van der Waals surface area contributed by atoms with Crippen LogP contribution in [0.3, 0.4) is 0 Å². The van der Waals surface area contributed by atoms with Gasteiger partial charge in [-0.25, -0.2) is 0 Å². The van der Waals surface area contributed by atoms with Crippen molar-refractivity contribution in [1.29, 1.82) is 0 Å². The number of hydrogen-bond acceptors (Lipinski definition) is 2.